The number of benzene rings is 1. The maximum absolute atomic E-state index is 13.2. The van der Waals surface area contributed by atoms with Crippen LogP contribution in [0.25, 0.3) is 0 Å². The number of hydrogen-bond acceptors (Lipinski definition) is 7. The highest BCUT2D eigenvalue weighted by Gasteiger charge is 2.32. The van der Waals surface area contributed by atoms with Crippen LogP contribution in [0.5, 0.6) is 0 Å². The van der Waals surface area contributed by atoms with Crippen LogP contribution in [-0.2, 0) is 6.42 Å². The number of aromatic nitrogens is 2. The first-order chi connectivity index (χ1) is 16.6. The van der Waals surface area contributed by atoms with Crippen LogP contribution in [0.15, 0.2) is 65.8 Å². The van der Waals surface area contributed by atoms with Gasteiger partial charge in [-0.1, -0.05) is 36.4 Å². The number of nitrogens with zero attached hydrogens (tertiary/aromatic N) is 4. The number of carbonyl (C=O) groups excluding carboxylic acids is 2. The summed E-state index contributed by atoms with van der Waals surface area (Å²) < 4.78 is 5.25. The SMILES string of the molecule is C=CCNc1nc(N2CCN(C(=O)c3ccco3)CC2)nc2c1C(=O)CC(c1ccccc1)C2. The van der Waals surface area contributed by atoms with Crippen LogP contribution < -0.4 is 10.2 Å². The summed E-state index contributed by atoms with van der Waals surface area (Å²) in [5, 5.41) is 3.24. The van der Waals surface area contributed by atoms with Gasteiger partial charge < -0.3 is 19.5 Å². The number of ketones is 1. The molecule has 1 fully saturated rings. The molecule has 1 N–H and O–H groups in total. The van der Waals surface area contributed by atoms with Crippen molar-refractivity contribution >= 4 is 23.5 Å². The fraction of sp³-hybridized carbons (Fsp3) is 0.308. The summed E-state index contributed by atoms with van der Waals surface area (Å²) >= 11 is 0. The fourth-order valence-corrected chi connectivity index (χ4v) is 4.63. The third kappa shape index (κ3) is 4.31. The van der Waals surface area contributed by atoms with Gasteiger partial charge in [0.05, 0.1) is 17.5 Å². The third-order valence-electron chi connectivity index (χ3n) is 6.39. The molecule has 2 aliphatic rings. The highest BCUT2D eigenvalue weighted by atomic mass is 16.3. The molecule has 0 bridgehead atoms. The molecule has 1 aliphatic carbocycles. The minimum absolute atomic E-state index is 0.0575. The molecule has 5 rings (SSSR count). The fourth-order valence-electron chi connectivity index (χ4n) is 4.63. The van der Waals surface area contributed by atoms with Crippen molar-refractivity contribution in [3.8, 4) is 0 Å². The molecule has 8 nitrogen and oxygen atoms in total. The van der Waals surface area contributed by atoms with E-state index in [1.54, 1.807) is 23.1 Å². The number of carbonyl (C=O) groups is 2. The van der Waals surface area contributed by atoms with Gasteiger partial charge in [-0.25, -0.2) is 4.98 Å². The Labute approximate surface area is 198 Å². The number of piperazine rings is 1. The highest BCUT2D eigenvalue weighted by Crippen LogP contribution is 2.35. The molecular formula is C26H27N5O3. The number of anilines is 2. The summed E-state index contributed by atoms with van der Waals surface area (Å²) in [6, 6.07) is 13.5. The zero-order chi connectivity index (χ0) is 23.5. The van der Waals surface area contributed by atoms with Gasteiger partial charge in [0.25, 0.3) is 5.91 Å². The van der Waals surface area contributed by atoms with Gasteiger partial charge in [0, 0.05) is 39.1 Å². The van der Waals surface area contributed by atoms with E-state index in [9.17, 15) is 9.59 Å². The van der Waals surface area contributed by atoms with Crippen molar-refractivity contribution in [2.24, 2.45) is 0 Å². The number of fused-ring (bicyclic) bond motifs is 1. The normalized spacial score (nSPS) is 17.9. The minimum Gasteiger partial charge on any atom is -0.459 e. The average Bonchev–Trinajstić information content (AvgIpc) is 3.42. The third-order valence-corrected chi connectivity index (χ3v) is 6.39. The van der Waals surface area contributed by atoms with E-state index in [1.165, 1.54) is 6.26 Å². The summed E-state index contributed by atoms with van der Waals surface area (Å²) in [7, 11) is 0. The quantitative estimate of drug-likeness (QED) is 0.566. The Balaban J connectivity index is 1.39. The van der Waals surface area contributed by atoms with Crippen LogP contribution in [0.1, 0.15) is 44.5 Å². The Hall–Kier alpha value is -3.94. The Morgan fingerprint density at radius 3 is 2.59 bits per heavy atom. The summed E-state index contributed by atoms with van der Waals surface area (Å²) in [5.74, 6) is 1.53. The molecule has 0 radical (unpaired) electrons. The van der Waals surface area contributed by atoms with Gasteiger partial charge in [0.2, 0.25) is 5.95 Å². The number of rotatable bonds is 6. The summed E-state index contributed by atoms with van der Waals surface area (Å²) in [6.45, 7) is 6.56. The Morgan fingerprint density at radius 1 is 1.09 bits per heavy atom. The first-order valence-electron chi connectivity index (χ1n) is 11.6. The lowest BCUT2D eigenvalue weighted by Gasteiger charge is -2.35. The first kappa shape index (κ1) is 21.9. The van der Waals surface area contributed by atoms with Crippen LogP contribution in [0.4, 0.5) is 11.8 Å². The molecule has 0 saturated carbocycles. The number of Topliss-reactive ketones (excluding diaryl/α,β-unsaturated/α-hetero) is 1. The predicted octanol–water partition coefficient (Wildman–Crippen LogP) is 3.54. The molecule has 1 aromatic carbocycles. The van der Waals surface area contributed by atoms with E-state index in [0.717, 1.165) is 11.3 Å². The van der Waals surface area contributed by atoms with Crippen LogP contribution in [0, 0.1) is 0 Å². The van der Waals surface area contributed by atoms with E-state index in [-0.39, 0.29) is 17.6 Å². The van der Waals surface area contributed by atoms with Gasteiger partial charge in [-0.2, -0.15) is 4.98 Å². The van der Waals surface area contributed by atoms with Crippen LogP contribution in [0.3, 0.4) is 0 Å². The number of furan rings is 1. The summed E-state index contributed by atoms with van der Waals surface area (Å²) in [6.07, 6.45) is 4.37. The lowest BCUT2D eigenvalue weighted by molar-refractivity contribution is 0.0714. The van der Waals surface area contributed by atoms with Gasteiger partial charge in [-0.05, 0) is 30.0 Å². The summed E-state index contributed by atoms with van der Waals surface area (Å²) in [4.78, 5) is 39.2. The van der Waals surface area contributed by atoms with E-state index < -0.39 is 0 Å². The Morgan fingerprint density at radius 2 is 1.88 bits per heavy atom. The lowest BCUT2D eigenvalue weighted by atomic mass is 9.82. The monoisotopic (exact) mass is 457 g/mol. The van der Waals surface area contributed by atoms with E-state index in [1.807, 2.05) is 18.2 Å². The van der Waals surface area contributed by atoms with Crippen LogP contribution in [0.2, 0.25) is 0 Å². The van der Waals surface area contributed by atoms with Gasteiger partial charge in [-0.15, -0.1) is 6.58 Å². The van der Waals surface area contributed by atoms with Crippen molar-refractivity contribution in [3.63, 3.8) is 0 Å². The van der Waals surface area contributed by atoms with Gasteiger partial charge >= 0.3 is 0 Å². The largest absolute Gasteiger partial charge is 0.459 e. The highest BCUT2D eigenvalue weighted by molar-refractivity contribution is 6.03. The average molecular weight is 458 g/mol. The van der Waals surface area contributed by atoms with Gasteiger partial charge in [-0.3, -0.25) is 9.59 Å². The van der Waals surface area contributed by atoms with Gasteiger partial charge in [0.1, 0.15) is 5.82 Å². The molecule has 1 amide bonds. The van der Waals surface area contributed by atoms with E-state index in [0.29, 0.717) is 68.7 Å². The predicted molar refractivity (Wildman–Crippen MR) is 129 cm³/mol. The number of hydrogen-bond donors (Lipinski definition) is 1. The molecular weight excluding hydrogens is 430 g/mol. The van der Waals surface area contributed by atoms with Crippen LogP contribution in [-0.4, -0.2) is 59.3 Å². The second-order valence-electron chi connectivity index (χ2n) is 8.56. The molecule has 174 valence electrons. The van der Waals surface area contributed by atoms with E-state index in [2.05, 4.69) is 28.9 Å². The second kappa shape index (κ2) is 9.51. The topological polar surface area (TPSA) is 91.6 Å². The molecule has 2 aromatic heterocycles. The van der Waals surface area contributed by atoms with Crippen molar-refractivity contribution < 1.29 is 14.0 Å². The van der Waals surface area contributed by atoms with Crippen molar-refractivity contribution in [3.05, 3.63) is 84.0 Å². The zero-order valence-corrected chi connectivity index (χ0v) is 18.9. The maximum atomic E-state index is 13.2. The molecule has 1 atom stereocenters. The molecule has 0 spiro atoms. The minimum atomic E-state index is -0.111. The Bertz CT molecular complexity index is 1180. The van der Waals surface area contributed by atoms with Crippen molar-refractivity contribution in [1.82, 2.24) is 14.9 Å². The van der Waals surface area contributed by atoms with E-state index in [4.69, 9.17) is 14.4 Å². The lowest BCUT2D eigenvalue weighted by Crippen LogP contribution is -2.49. The maximum Gasteiger partial charge on any atom is 0.289 e. The van der Waals surface area contributed by atoms with Gasteiger partial charge in [0.15, 0.2) is 11.5 Å². The molecule has 34 heavy (non-hydrogen) atoms. The molecule has 3 heterocycles. The smallest absolute Gasteiger partial charge is 0.289 e. The molecule has 3 aromatic rings. The number of nitrogens with one attached hydrogen (secondary N) is 1. The first-order valence-corrected chi connectivity index (χ1v) is 11.6. The zero-order valence-electron chi connectivity index (χ0n) is 18.9. The number of amides is 1. The van der Waals surface area contributed by atoms with E-state index >= 15 is 0 Å². The standard InChI is InChI=1S/C26H27N5O3/c1-2-10-27-24-23-20(16-19(17-21(23)32)18-7-4-3-5-8-18)28-26(29-24)31-13-11-30(12-14-31)25(33)22-9-6-15-34-22/h2-9,15,19H,1,10-14,16-17H2,(H,27,28,29). The molecule has 1 aliphatic heterocycles. The van der Waals surface area contributed by atoms with Crippen molar-refractivity contribution in [1.29, 1.82) is 0 Å². The van der Waals surface area contributed by atoms with Crippen molar-refractivity contribution in [2.45, 2.75) is 18.8 Å². The molecule has 1 unspecified atom stereocenters. The van der Waals surface area contributed by atoms with Crippen LogP contribution >= 0.6 is 0 Å². The summed E-state index contributed by atoms with van der Waals surface area (Å²) in [5.41, 5.74) is 2.51. The second-order valence-corrected chi connectivity index (χ2v) is 8.56. The molecule has 1 saturated heterocycles. The molecule has 8 heteroatoms. The Kier molecular flexibility index (Phi) is 6.12. The van der Waals surface area contributed by atoms with Crippen molar-refractivity contribution in [2.75, 3.05) is 42.9 Å².